The predicted molar refractivity (Wildman–Crippen MR) is 126 cm³/mol. The summed E-state index contributed by atoms with van der Waals surface area (Å²) in [6.07, 6.45) is 0.545. The highest BCUT2D eigenvalue weighted by Gasteiger charge is 2.29. The number of carbonyl (C=O) groups excluding carboxylic acids is 1. The van der Waals surface area contributed by atoms with Crippen molar-refractivity contribution in [1.82, 2.24) is 14.1 Å². The summed E-state index contributed by atoms with van der Waals surface area (Å²) in [6, 6.07) is 16.5. The summed E-state index contributed by atoms with van der Waals surface area (Å²) < 4.78 is 35.0. The number of amides is 1. The van der Waals surface area contributed by atoms with E-state index in [2.05, 4.69) is 10.4 Å². The van der Waals surface area contributed by atoms with Crippen molar-refractivity contribution in [2.24, 2.45) is 0 Å². The molecular formula is C24H28N4O4S. The Morgan fingerprint density at radius 2 is 1.82 bits per heavy atom. The van der Waals surface area contributed by atoms with E-state index in [0.29, 0.717) is 50.7 Å². The first-order valence-electron chi connectivity index (χ1n) is 11.0. The molecule has 0 spiro atoms. The van der Waals surface area contributed by atoms with Crippen LogP contribution in [0.1, 0.15) is 34.1 Å². The van der Waals surface area contributed by atoms with Crippen LogP contribution in [-0.4, -0.2) is 54.7 Å². The van der Waals surface area contributed by atoms with Gasteiger partial charge in [0.1, 0.15) is 5.82 Å². The molecule has 0 radical (unpaired) electrons. The number of hydrogen-bond donors (Lipinski definition) is 1. The summed E-state index contributed by atoms with van der Waals surface area (Å²) in [5.41, 5.74) is 2.80. The Labute approximate surface area is 194 Å². The smallest absolute Gasteiger partial charge is 0.256 e. The Hall–Kier alpha value is -3.01. The van der Waals surface area contributed by atoms with Crippen molar-refractivity contribution in [2.45, 2.75) is 31.7 Å². The number of nitrogens with zero attached hydrogens (tertiary/aromatic N) is 3. The lowest BCUT2D eigenvalue weighted by Gasteiger charge is -2.27. The van der Waals surface area contributed by atoms with Gasteiger partial charge in [-0.2, -0.15) is 9.40 Å². The number of anilines is 1. The van der Waals surface area contributed by atoms with Crippen molar-refractivity contribution in [3.05, 3.63) is 77.0 Å². The highest BCUT2D eigenvalue weighted by Crippen LogP contribution is 2.24. The Bertz CT molecular complexity index is 1230. The Balaban J connectivity index is 1.60. The number of morpholine rings is 1. The maximum absolute atomic E-state index is 13.3. The molecule has 1 N–H and O–H groups in total. The Morgan fingerprint density at radius 3 is 2.52 bits per heavy atom. The van der Waals surface area contributed by atoms with Crippen LogP contribution in [0, 0.1) is 6.92 Å². The molecule has 33 heavy (non-hydrogen) atoms. The number of sulfonamides is 1. The largest absolute Gasteiger partial charge is 0.379 e. The van der Waals surface area contributed by atoms with E-state index in [1.54, 1.807) is 22.9 Å². The average molecular weight is 469 g/mol. The number of aryl methyl sites for hydroxylation is 2. The molecule has 3 aromatic rings. The zero-order chi connectivity index (χ0) is 23.4. The highest BCUT2D eigenvalue weighted by atomic mass is 32.2. The van der Waals surface area contributed by atoms with E-state index in [0.717, 1.165) is 11.3 Å². The van der Waals surface area contributed by atoms with Crippen LogP contribution in [0.3, 0.4) is 0 Å². The minimum absolute atomic E-state index is 0.175. The minimum atomic E-state index is -3.72. The normalized spacial score (nSPS) is 14.8. The molecule has 0 atom stereocenters. The molecule has 2 heterocycles. The van der Waals surface area contributed by atoms with Crippen LogP contribution in [0.2, 0.25) is 0 Å². The number of aromatic nitrogens is 2. The van der Waals surface area contributed by atoms with Gasteiger partial charge in [-0.25, -0.2) is 13.1 Å². The maximum atomic E-state index is 13.3. The highest BCUT2D eigenvalue weighted by molar-refractivity contribution is 7.89. The average Bonchev–Trinajstić information content (AvgIpc) is 3.17. The van der Waals surface area contributed by atoms with E-state index in [1.807, 2.05) is 44.2 Å². The van der Waals surface area contributed by atoms with Crippen LogP contribution in [0.15, 0.2) is 59.5 Å². The van der Waals surface area contributed by atoms with E-state index < -0.39 is 10.0 Å². The molecule has 8 nitrogen and oxygen atoms in total. The van der Waals surface area contributed by atoms with Crippen LogP contribution < -0.4 is 5.32 Å². The summed E-state index contributed by atoms with van der Waals surface area (Å²) in [4.78, 5) is 13.3. The Morgan fingerprint density at radius 1 is 1.09 bits per heavy atom. The van der Waals surface area contributed by atoms with Gasteiger partial charge in [0.25, 0.3) is 5.91 Å². The van der Waals surface area contributed by atoms with E-state index in [9.17, 15) is 13.2 Å². The SMILES string of the molecule is CCc1ccc(C(=O)Nc2cc(C)nn2Cc2ccccc2)cc1S(=O)(=O)N1CCOCC1. The summed E-state index contributed by atoms with van der Waals surface area (Å²) in [7, 11) is -3.72. The van der Waals surface area contributed by atoms with Gasteiger partial charge in [0.05, 0.1) is 30.3 Å². The molecule has 1 aliphatic heterocycles. The zero-order valence-corrected chi connectivity index (χ0v) is 19.6. The van der Waals surface area contributed by atoms with Gasteiger partial charge in [-0.15, -0.1) is 0 Å². The quantitative estimate of drug-likeness (QED) is 0.575. The van der Waals surface area contributed by atoms with Gasteiger partial charge in [-0.05, 0) is 36.6 Å². The lowest BCUT2D eigenvalue weighted by molar-refractivity contribution is 0.0730. The third kappa shape index (κ3) is 5.16. The monoisotopic (exact) mass is 468 g/mol. The van der Waals surface area contributed by atoms with Gasteiger partial charge < -0.3 is 10.1 Å². The third-order valence-corrected chi connectivity index (χ3v) is 7.60. The van der Waals surface area contributed by atoms with Crippen molar-refractivity contribution in [3.8, 4) is 0 Å². The lowest BCUT2D eigenvalue weighted by Crippen LogP contribution is -2.41. The molecule has 174 valence electrons. The first-order valence-corrected chi connectivity index (χ1v) is 12.4. The second-order valence-corrected chi connectivity index (χ2v) is 9.87. The number of ether oxygens (including phenoxy) is 1. The minimum Gasteiger partial charge on any atom is -0.379 e. The third-order valence-electron chi connectivity index (χ3n) is 5.62. The van der Waals surface area contributed by atoms with Gasteiger partial charge in [0.15, 0.2) is 0 Å². The van der Waals surface area contributed by atoms with Gasteiger partial charge in [0, 0.05) is 24.7 Å². The fraction of sp³-hybridized carbons (Fsp3) is 0.333. The van der Waals surface area contributed by atoms with Crippen LogP contribution in [0.4, 0.5) is 5.82 Å². The molecule has 0 saturated carbocycles. The number of hydrogen-bond acceptors (Lipinski definition) is 5. The molecule has 4 rings (SSSR count). The second-order valence-electron chi connectivity index (χ2n) is 7.96. The molecule has 2 aromatic carbocycles. The maximum Gasteiger partial charge on any atom is 0.256 e. The number of nitrogens with one attached hydrogen (secondary N) is 1. The topological polar surface area (TPSA) is 93.5 Å². The van der Waals surface area contributed by atoms with Crippen molar-refractivity contribution >= 4 is 21.7 Å². The molecule has 1 saturated heterocycles. The summed E-state index contributed by atoms with van der Waals surface area (Å²) in [5.74, 6) is 0.170. The Kier molecular flexibility index (Phi) is 6.92. The van der Waals surface area contributed by atoms with Crippen LogP contribution >= 0.6 is 0 Å². The molecule has 0 bridgehead atoms. The molecule has 1 fully saturated rings. The molecule has 1 aliphatic rings. The number of benzene rings is 2. The van der Waals surface area contributed by atoms with Crippen LogP contribution in [0.25, 0.3) is 0 Å². The summed E-state index contributed by atoms with van der Waals surface area (Å²) in [6.45, 7) is 5.62. The molecule has 1 aromatic heterocycles. The summed E-state index contributed by atoms with van der Waals surface area (Å²) in [5, 5.41) is 7.38. The van der Waals surface area contributed by atoms with Crippen molar-refractivity contribution < 1.29 is 17.9 Å². The van der Waals surface area contributed by atoms with E-state index >= 15 is 0 Å². The van der Waals surface area contributed by atoms with Gasteiger partial charge >= 0.3 is 0 Å². The second kappa shape index (κ2) is 9.86. The van der Waals surface area contributed by atoms with Gasteiger partial charge in [-0.1, -0.05) is 43.3 Å². The van der Waals surface area contributed by atoms with Crippen molar-refractivity contribution in [1.29, 1.82) is 0 Å². The van der Waals surface area contributed by atoms with E-state index in [4.69, 9.17) is 4.74 Å². The van der Waals surface area contributed by atoms with E-state index in [1.165, 1.54) is 10.4 Å². The predicted octanol–water partition coefficient (Wildman–Crippen LogP) is 3.08. The van der Waals surface area contributed by atoms with Crippen LogP contribution in [0.5, 0.6) is 0 Å². The first-order chi connectivity index (χ1) is 15.9. The summed E-state index contributed by atoms with van der Waals surface area (Å²) >= 11 is 0. The van der Waals surface area contributed by atoms with Gasteiger partial charge in [-0.3, -0.25) is 4.79 Å². The molecule has 9 heteroatoms. The van der Waals surface area contributed by atoms with Gasteiger partial charge in [0.2, 0.25) is 10.0 Å². The van der Waals surface area contributed by atoms with Crippen LogP contribution in [-0.2, 0) is 27.7 Å². The number of rotatable bonds is 7. The fourth-order valence-electron chi connectivity index (χ4n) is 3.87. The molecule has 0 unspecified atom stereocenters. The molecule has 1 amide bonds. The standard InChI is InChI=1S/C24H28N4O4S/c1-3-20-9-10-21(16-22(20)33(30,31)27-11-13-32-14-12-27)24(29)25-23-15-18(2)26-28(23)17-19-7-5-4-6-8-19/h4-10,15-16H,3,11-14,17H2,1-2H3,(H,25,29). The fourth-order valence-corrected chi connectivity index (χ4v) is 5.59. The molecule has 0 aliphatic carbocycles. The lowest BCUT2D eigenvalue weighted by atomic mass is 10.1. The van der Waals surface area contributed by atoms with E-state index in [-0.39, 0.29) is 16.4 Å². The van der Waals surface area contributed by atoms with Crippen molar-refractivity contribution in [3.63, 3.8) is 0 Å². The number of carbonyl (C=O) groups is 1. The van der Waals surface area contributed by atoms with Crippen molar-refractivity contribution in [2.75, 3.05) is 31.6 Å². The first kappa shape index (κ1) is 23.2. The zero-order valence-electron chi connectivity index (χ0n) is 18.8. The molecular weight excluding hydrogens is 440 g/mol.